The summed E-state index contributed by atoms with van der Waals surface area (Å²) >= 11 is 0. The van der Waals surface area contributed by atoms with Crippen LogP contribution in [0.4, 0.5) is 0 Å². The van der Waals surface area contributed by atoms with Gasteiger partial charge in [-0.1, -0.05) is 36.1 Å². The van der Waals surface area contributed by atoms with Crippen molar-refractivity contribution in [3.8, 4) is 0 Å². The molecule has 0 fully saturated rings. The molecule has 0 saturated heterocycles. The van der Waals surface area contributed by atoms with Gasteiger partial charge in [0.2, 0.25) is 0 Å². The molecule has 0 bridgehead atoms. The van der Waals surface area contributed by atoms with Crippen LogP contribution in [0.1, 0.15) is 12.0 Å². The molecule has 0 aliphatic heterocycles. The third-order valence-electron chi connectivity index (χ3n) is 1.73. The lowest BCUT2D eigenvalue weighted by molar-refractivity contribution is 0.122. The molecule has 1 aromatic carbocycles. The summed E-state index contributed by atoms with van der Waals surface area (Å²) in [4.78, 5) is 0. The maximum absolute atomic E-state index is 10.4. The third-order valence-corrected chi connectivity index (χ3v) is 2.39. The first kappa shape index (κ1) is 11.2. The zero-order chi connectivity index (χ0) is 10.2. The van der Waals surface area contributed by atoms with Gasteiger partial charge in [-0.25, -0.2) is 0 Å². The van der Waals surface area contributed by atoms with E-state index in [0.29, 0.717) is 25.4 Å². The Balaban J connectivity index is 2.10. The van der Waals surface area contributed by atoms with Crippen LogP contribution in [0, 0.1) is 4.78 Å². The minimum Gasteiger partial charge on any atom is -0.445 e. The van der Waals surface area contributed by atoms with E-state index in [1.807, 2.05) is 30.3 Å². The van der Waals surface area contributed by atoms with Gasteiger partial charge in [0.25, 0.3) is 0 Å². The topological polar surface area (TPSA) is 50.2 Å². The van der Waals surface area contributed by atoms with Crippen LogP contribution in [0.2, 0.25) is 0 Å². The number of hydrogen-bond donors (Lipinski definition) is 1. The van der Waals surface area contributed by atoms with Crippen molar-refractivity contribution in [2.45, 2.75) is 13.0 Å². The summed E-state index contributed by atoms with van der Waals surface area (Å²) in [5, 5.41) is 0. The average molecular weight is 212 g/mol. The summed E-state index contributed by atoms with van der Waals surface area (Å²) in [6.45, 7) is 1.16. The molecule has 1 N–H and O–H groups in total. The van der Waals surface area contributed by atoms with Crippen molar-refractivity contribution in [2.24, 2.45) is 0 Å². The summed E-state index contributed by atoms with van der Waals surface area (Å²) < 4.78 is 22.5. The van der Waals surface area contributed by atoms with E-state index in [1.165, 1.54) is 0 Å². The van der Waals surface area contributed by atoms with Crippen molar-refractivity contribution >= 4 is 10.6 Å². The van der Waals surface area contributed by atoms with Gasteiger partial charge in [0.1, 0.15) is 0 Å². The van der Waals surface area contributed by atoms with Crippen molar-refractivity contribution in [3.63, 3.8) is 0 Å². The predicted molar refractivity (Wildman–Crippen MR) is 56.4 cm³/mol. The fourth-order valence-corrected chi connectivity index (χ4v) is 1.44. The Kier molecular flexibility index (Phi) is 5.25. The summed E-state index contributed by atoms with van der Waals surface area (Å²) in [5.74, 6) is 0.398. The number of hydrogen-bond acceptors (Lipinski definition) is 4. The number of benzene rings is 1. The van der Waals surface area contributed by atoms with Crippen LogP contribution in [-0.2, 0) is 26.1 Å². The molecule has 3 nitrogen and oxygen atoms in total. The molecule has 0 aromatic heterocycles. The van der Waals surface area contributed by atoms with E-state index in [9.17, 15) is 4.21 Å². The Morgan fingerprint density at radius 2 is 2.00 bits per heavy atom. The van der Waals surface area contributed by atoms with E-state index in [1.54, 1.807) is 0 Å². The van der Waals surface area contributed by atoms with Gasteiger partial charge >= 0.3 is 0 Å². The maximum Gasteiger partial charge on any atom is 0.0716 e. The Bertz CT molecular complexity index is 314. The van der Waals surface area contributed by atoms with Gasteiger partial charge in [0, 0.05) is 6.61 Å². The van der Waals surface area contributed by atoms with Crippen molar-refractivity contribution in [3.05, 3.63) is 35.9 Å². The monoisotopic (exact) mass is 212 g/mol. The van der Waals surface area contributed by atoms with Crippen molar-refractivity contribution in [2.75, 3.05) is 12.4 Å². The largest absolute Gasteiger partial charge is 0.445 e. The third kappa shape index (κ3) is 4.99. The van der Waals surface area contributed by atoms with E-state index < -0.39 is 10.6 Å². The molecule has 0 radical (unpaired) electrons. The van der Waals surface area contributed by atoms with Crippen molar-refractivity contribution in [1.82, 2.24) is 0 Å². The molecule has 0 saturated carbocycles. The van der Waals surface area contributed by atoms with E-state index >= 15 is 0 Å². The van der Waals surface area contributed by atoms with Gasteiger partial charge in [-0.15, -0.1) is 0 Å². The highest BCUT2D eigenvalue weighted by atomic mass is 32.2. The summed E-state index contributed by atoms with van der Waals surface area (Å²) in [7, 11) is -1.44. The SMILES string of the molecule is N=[S-](=O)CCCOCc1ccccc1. The number of ether oxygens (including phenoxy) is 1. The molecule has 1 rings (SSSR count). The van der Waals surface area contributed by atoms with E-state index in [2.05, 4.69) is 0 Å². The van der Waals surface area contributed by atoms with E-state index in [0.717, 1.165) is 5.56 Å². The molecule has 14 heavy (non-hydrogen) atoms. The molecule has 0 atom stereocenters. The number of rotatable bonds is 6. The summed E-state index contributed by atoms with van der Waals surface area (Å²) in [6, 6.07) is 9.91. The highest BCUT2D eigenvalue weighted by Gasteiger charge is 1.90. The molecule has 0 heterocycles. The van der Waals surface area contributed by atoms with Crippen molar-refractivity contribution in [1.29, 1.82) is 4.78 Å². The normalized spacial score (nSPS) is 10.6. The second-order valence-corrected chi connectivity index (χ2v) is 4.04. The van der Waals surface area contributed by atoms with Gasteiger partial charge < -0.3 is 13.7 Å². The summed E-state index contributed by atoms with van der Waals surface area (Å²) in [6.07, 6.45) is 0.683. The minimum atomic E-state index is -1.44. The molecule has 0 aliphatic rings. The zero-order valence-corrected chi connectivity index (χ0v) is 8.76. The lowest BCUT2D eigenvalue weighted by atomic mass is 10.2. The van der Waals surface area contributed by atoms with E-state index in [4.69, 9.17) is 9.52 Å². The van der Waals surface area contributed by atoms with Crippen molar-refractivity contribution < 1.29 is 8.95 Å². The molecule has 4 heteroatoms. The van der Waals surface area contributed by atoms with Crippen LogP contribution in [0.15, 0.2) is 30.3 Å². The fourth-order valence-electron chi connectivity index (χ4n) is 1.06. The molecule has 1 aromatic rings. The lowest BCUT2D eigenvalue weighted by Gasteiger charge is -2.04. The molecular weight excluding hydrogens is 198 g/mol. The number of nitrogens with one attached hydrogen (secondary N) is 1. The molecule has 0 amide bonds. The van der Waals surface area contributed by atoms with Gasteiger partial charge in [-0.05, 0) is 12.0 Å². The van der Waals surface area contributed by atoms with Gasteiger partial charge in [-0.2, -0.15) is 10.6 Å². The first-order valence-corrected chi connectivity index (χ1v) is 5.82. The molecule has 0 aliphatic carbocycles. The highest BCUT2D eigenvalue weighted by Crippen LogP contribution is 2.00. The van der Waals surface area contributed by atoms with Gasteiger partial charge in [0.05, 0.1) is 6.61 Å². The molecule has 0 spiro atoms. The smallest absolute Gasteiger partial charge is 0.0716 e. The second kappa shape index (κ2) is 6.56. The summed E-state index contributed by atoms with van der Waals surface area (Å²) in [5.41, 5.74) is 1.14. The van der Waals surface area contributed by atoms with Crippen LogP contribution in [-0.4, -0.2) is 12.4 Å². The Morgan fingerprint density at radius 1 is 1.29 bits per heavy atom. The Labute approximate surface area is 86.1 Å². The lowest BCUT2D eigenvalue weighted by Crippen LogP contribution is -1.98. The Morgan fingerprint density at radius 3 is 2.64 bits per heavy atom. The highest BCUT2D eigenvalue weighted by molar-refractivity contribution is 7.73. The zero-order valence-electron chi connectivity index (χ0n) is 7.94. The Hall–Kier alpha value is -0.870. The van der Waals surface area contributed by atoms with Crippen LogP contribution in [0.5, 0.6) is 0 Å². The minimum absolute atomic E-state index is 0.398. The van der Waals surface area contributed by atoms with Gasteiger partial charge in [0.15, 0.2) is 0 Å². The van der Waals surface area contributed by atoms with Crippen LogP contribution >= 0.6 is 0 Å². The van der Waals surface area contributed by atoms with Crippen LogP contribution in [0.25, 0.3) is 0 Å². The van der Waals surface area contributed by atoms with Crippen LogP contribution in [0.3, 0.4) is 0 Å². The second-order valence-electron chi connectivity index (χ2n) is 2.94. The quantitative estimate of drug-likeness (QED) is 0.581. The van der Waals surface area contributed by atoms with Crippen LogP contribution < -0.4 is 0 Å². The average Bonchev–Trinajstić information content (AvgIpc) is 2.18. The molecule has 78 valence electrons. The fraction of sp³-hybridized carbons (Fsp3) is 0.400. The molecule has 0 unspecified atom stereocenters. The standard InChI is InChI=1S/C10H14NO2S/c11-14(12)8-4-7-13-9-10-5-2-1-3-6-10/h1-3,5-6,11H,4,7-9H2/q-1. The maximum atomic E-state index is 10.4. The first-order valence-electron chi connectivity index (χ1n) is 4.50. The molecular formula is C10H14NO2S-. The van der Waals surface area contributed by atoms with Gasteiger partial charge in [-0.3, -0.25) is 0 Å². The van der Waals surface area contributed by atoms with E-state index in [-0.39, 0.29) is 0 Å². The first-order chi connectivity index (χ1) is 6.79. The predicted octanol–water partition coefficient (Wildman–Crippen LogP) is 2.32.